The molecule has 0 N–H and O–H groups in total. The van der Waals surface area contributed by atoms with Crippen molar-refractivity contribution >= 4 is 5.71 Å². The molecule has 4 nitrogen and oxygen atoms in total. The van der Waals surface area contributed by atoms with E-state index in [0.717, 1.165) is 34.8 Å². The highest BCUT2D eigenvalue weighted by atomic mass is 16.6. The molecular formula is C13H17NO3. The molecule has 1 aromatic carbocycles. The summed E-state index contributed by atoms with van der Waals surface area (Å²) in [4.78, 5) is 5.42. The van der Waals surface area contributed by atoms with Crippen molar-refractivity contribution in [1.29, 1.82) is 0 Å². The van der Waals surface area contributed by atoms with E-state index in [-0.39, 0.29) is 6.10 Å². The van der Waals surface area contributed by atoms with Crippen LogP contribution in [0.2, 0.25) is 0 Å². The van der Waals surface area contributed by atoms with Crippen molar-refractivity contribution < 1.29 is 14.3 Å². The number of methoxy groups -OCH3 is 2. The number of rotatable bonds is 3. The first-order chi connectivity index (χ1) is 8.15. The third-order valence-electron chi connectivity index (χ3n) is 2.92. The van der Waals surface area contributed by atoms with E-state index >= 15 is 0 Å². The van der Waals surface area contributed by atoms with Gasteiger partial charge in [-0.05, 0) is 25.5 Å². The SMILES string of the molecule is COc1cc(C)c([C@H]2CC(C)=NO2)c(OC)c1. The van der Waals surface area contributed by atoms with Crippen molar-refractivity contribution in [2.45, 2.75) is 26.4 Å². The molecule has 1 aliphatic heterocycles. The molecule has 0 aliphatic carbocycles. The highest BCUT2D eigenvalue weighted by molar-refractivity contribution is 5.83. The van der Waals surface area contributed by atoms with Crippen LogP contribution in [0, 0.1) is 6.92 Å². The van der Waals surface area contributed by atoms with Crippen molar-refractivity contribution in [1.82, 2.24) is 0 Å². The summed E-state index contributed by atoms with van der Waals surface area (Å²) in [6.07, 6.45) is 0.764. The predicted molar refractivity (Wildman–Crippen MR) is 65.8 cm³/mol. The van der Waals surface area contributed by atoms with Crippen LogP contribution in [0.5, 0.6) is 11.5 Å². The van der Waals surface area contributed by atoms with Gasteiger partial charge in [-0.15, -0.1) is 0 Å². The zero-order chi connectivity index (χ0) is 12.4. The van der Waals surface area contributed by atoms with Crippen LogP contribution in [-0.2, 0) is 4.84 Å². The van der Waals surface area contributed by atoms with E-state index in [1.54, 1.807) is 14.2 Å². The van der Waals surface area contributed by atoms with E-state index in [4.69, 9.17) is 14.3 Å². The Morgan fingerprint density at radius 2 is 2.00 bits per heavy atom. The van der Waals surface area contributed by atoms with Gasteiger partial charge in [0.15, 0.2) is 6.10 Å². The van der Waals surface area contributed by atoms with Gasteiger partial charge in [-0.3, -0.25) is 0 Å². The summed E-state index contributed by atoms with van der Waals surface area (Å²) in [6.45, 7) is 3.99. The lowest BCUT2D eigenvalue weighted by Gasteiger charge is -2.17. The van der Waals surface area contributed by atoms with Crippen molar-refractivity contribution in [3.8, 4) is 11.5 Å². The minimum absolute atomic E-state index is 0.0455. The van der Waals surface area contributed by atoms with Crippen molar-refractivity contribution in [3.63, 3.8) is 0 Å². The average molecular weight is 235 g/mol. The molecule has 2 rings (SSSR count). The van der Waals surface area contributed by atoms with E-state index < -0.39 is 0 Å². The summed E-state index contributed by atoms with van der Waals surface area (Å²) in [5, 5.41) is 3.98. The number of hydrogen-bond acceptors (Lipinski definition) is 4. The molecule has 0 spiro atoms. The molecule has 0 aromatic heterocycles. The largest absolute Gasteiger partial charge is 0.497 e. The Kier molecular flexibility index (Phi) is 3.22. The maximum atomic E-state index is 5.42. The second-order valence-corrected chi connectivity index (χ2v) is 4.18. The number of hydrogen-bond donors (Lipinski definition) is 0. The molecule has 0 saturated carbocycles. The molecular weight excluding hydrogens is 218 g/mol. The Morgan fingerprint density at radius 3 is 2.53 bits per heavy atom. The van der Waals surface area contributed by atoms with Crippen LogP contribution >= 0.6 is 0 Å². The fourth-order valence-electron chi connectivity index (χ4n) is 2.08. The van der Waals surface area contributed by atoms with Gasteiger partial charge in [0.1, 0.15) is 11.5 Å². The van der Waals surface area contributed by atoms with E-state index in [1.807, 2.05) is 26.0 Å². The monoisotopic (exact) mass is 235 g/mol. The van der Waals surface area contributed by atoms with Gasteiger partial charge in [0.25, 0.3) is 0 Å². The smallest absolute Gasteiger partial charge is 0.161 e. The number of aryl methyl sites for hydroxylation is 1. The second kappa shape index (κ2) is 4.65. The molecule has 4 heteroatoms. The van der Waals surface area contributed by atoms with Crippen molar-refractivity contribution in [2.75, 3.05) is 14.2 Å². The Hall–Kier alpha value is -1.71. The topological polar surface area (TPSA) is 40.0 Å². The van der Waals surface area contributed by atoms with Gasteiger partial charge in [0.2, 0.25) is 0 Å². The average Bonchev–Trinajstić information content (AvgIpc) is 2.74. The quantitative estimate of drug-likeness (QED) is 0.808. The van der Waals surface area contributed by atoms with Gasteiger partial charge >= 0.3 is 0 Å². The number of ether oxygens (including phenoxy) is 2. The highest BCUT2D eigenvalue weighted by Gasteiger charge is 2.26. The number of nitrogens with zero attached hydrogens (tertiary/aromatic N) is 1. The Balaban J connectivity index is 2.39. The molecule has 1 heterocycles. The molecule has 0 saturated heterocycles. The lowest BCUT2D eigenvalue weighted by molar-refractivity contribution is 0.0831. The fraction of sp³-hybridized carbons (Fsp3) is 0.462. The third kappa shape index (κ3) is 2.20. The van der Waals surface area contributed by atoms with E-state index in [2.05, 4.69) is 5.16 Å². The summed E-state index contributed by atoms with van der Waals surface area (Å²) < 4.78 is 10.6. The van der Waals surface area contributed by atoms with E-state index in [1.165, 1.54) is 0 Å². The molecule has 0 unspecified atom stereocenters. The predicted octanol–water partition coefficient (Wildman–Crippen LogP) is 2.85. The van der Waals surface area contributed by atoms with Gasteiger partial charge in [-0.2, -0.15) is 0 Å². The van der Waals surface area contributed by atoms with Gasteiger partial charge < -0.3 is 14.3 Å². The zero-order valence-corrected chi connectivity index (χ0v) is 10.6. The summed E-state index contributed by atoms with van der Waals surface area (Å²) >= 11 is 0. The zero-order valence-electron chi connectivity index (χ0n) is 10.6. The maximum absolute atomic E-state index is 5.42. The highest BCUT2D eigenvalue weighted by Crippen LogP contribution is 2.38. The Bertz CT molecular complexity index is 454. The first-order valence-electron chi connectivity index (χ1n) is 5.57. The van der Waals surface area contributed by atoms with Crippen LogP contribution in [0.15, 0.2) is 17.3 Å². The first kappa shape index (κ1) is 11.8. The van der Waals surface area contributed by atoms with Crippen LogP contribution in [0.25, 0.3) is 0 Å². The van der Waals surface area contributed by atoms with Crippen LogP contribution in [0.1, 0.15) is 30.6 Å². The minimum atomic E-state index is -0.0455. The molecule has 0 fully saturated rings. The molecule has 0 amide bonds. The number of oxime groups is 1. The van der Waals surface area contributed by atoms with E-state index in [0.29, 0.717) is 0 Å². The molecule has 1 aliphatic rings. The molecule has 0 radical (unpaired) electrons. The summed E-state index contributed by atoms with van der Waals surface area (Å²) in [5.74, 6) is 1.58. The van der Waals surface area contributed by atoms with Crippen LogP contribution in [-0.4, -0.2) is 19.9 Å². The molecule has 1 atom stereocenters. The fourth-order valence-corrected chi connectivity index (χ4v) is 2.08. The summed E-state index contributed by atoms with van der Waals surface area (Å²) in [5.41, 5.74) is 3.15. The van der Waals surface area contributed by atoms with Crippen LogP contribution in [0.3, 0.4) is 0 Å². The summed E-state index contributed by atoms with van der Waals surface area (Å²) in [7, 11) is 3.30. The van der Waals surface area contributed by atoms with Crippen LogP contribution < -0.4 is 9.47 Å². The summed E-state index contributed by atoms with van der Waals surface area (Å²) in [6, 6.07) is 3.86. The molecule has 17 heavy (non-hydrogen) atoms. The molecule has 92 valence electrons. The van der Waals surface area contributed by atoms with Crippen molar-refractivity contribution in [3.05, 3.63) is 23.3 Å². The third-order valence-corrected chi connectivity index (χ3v) is 2.92. The van der Waals surface area contributed by atoms with Crippen molar-refractivity contribution in [2.24, 2.45) is 5.16 Å². The first-order valence-corrected chi connectivity index (χ1v) is 5.57. The molecule has 1 aromatic rings. The van der Waals surface area contributed by atoms with Crippen LogP contribution in [0.4, 0.5) is 0 Å². The lowest BCUT2D eigenvalue weighted by atomic mass is 9.98. The molecule has 0 bridgehead atoms. The lowest BCUT2D eigenvalue weighted by Crippen LogP contribution is -2.04. The van der Waals surface area contributed by atoms with Gasteiger partial charge in [-0.1, -0.05) is 5.16 Å². The minimum Gasteiger partial charge on any atom is -0.497 e. The Morgan fingerprint density at radius 1 is 1.24 bits per heavy atom. The van der Waals surface area contributed by atoms with Gasteiger partial charge in [-0.25, -0.2) is 0 Å². The number of benzene rings is 1. The maximum Gasteiger partial charge on any atom is 0.161 e. The standard InChI is InChI=1S/C13H17NO3/c1-8-5-10(15-3)7-11(16-4)13(8)12-6-9(2)14-17-12/h5,7,12H,6H2,1-4H3/t12-/m1/s1. The normalized spacial score (nSPS) is 18.6. The second-order valence-electron chi connectivity index (χ2n) is 4.18. The van der Waals surface area contributed by atoms with Gasteiger partial charge in [0, 0.05) is 18.1 Å². The Labute approximate surface area is 101 Å². The van der Waals surface area contributed by atoms with E-state index in [9.17, 15) is 0 Å². The van der Waals surface area contributed by atoms with Gasteiger partial charge in [0.05, 0.1) is 19.9 Å².